The molecule has 0 heterocycles. The van der Waals surface area contributed by atoms with Crippen LogP contribution < -0.4 is 0 Å². The summed E-state index contributed by atoms with van der Waals surface area (Å²) in [6, 6.07) is 0. The van der Waals surface area contributed by atoms with Gasteiger partial charge < -0.3 is 0 Å². The highest BCUT2D eigenvalue weighted by atomic mass is 35.5. The van der Waals surface area contributed by atoms with E-state index >= 15 is 0 Å². The maximum Gasteiger partial charge on any atom is 0.0396 e. The zero-order chi connectivity index (χ0) is 10.2. The molecule has 0 aliphatic carbocycles. The van der Waals surface area contributed by atoms with Crippen molar-refractivity contribution in [2.75, 3.05) is 0 Å². The van der Waals surface area contributed by atoms with Gasteiger partial charge in [-0.15, -0.1) is 11.6 Å². The van der Waals surface area contributed by atoms with Gasteiger partial charge in [0.25, 0.3) is 0 Å². The van der Waals surface area contributed by atoms with E-state index in [2.05, 4.69) is 48.5 Å². The first kappa shape index (κ1) is 12.3. The van der Waals surface area contributed by atoms with Crippen LogP contribution in [-0.2, 0) is 0 Å². The molecule has 0 saturated heterocycles. The first-order valence-electron chi connectivity index (χ1n) is 4.65. The summed E-state index contributed by atoms with van der Waals surface area (Å²) in [7, 11) is 0. The predicted molar refractivity (Wildman–Crippen MR) is 57.8 cm³/mol. The second-order valence-corrected chi connectivity index (χ2v) is 7.05. The van der Waals surface area contributed by atoms with Gasteiger partial charge in [-0.3, -0.25) is 0 Å². The first-order valence-corrected chi connectivity index (χ1v) is 5.02. The number of rotatable bonds is 2. The lowest BCUT2D eigenvalue weighted by Gasteiger charge is -2.42. The van der Waals surface area contributed by atoms with Crippen LogP contribution in [0.3, 0.4) is 0 Å². The van der Waals surface area contributed by atoms with Gasteiger partial charge in [0.1, 0.15) is 0 Å². The van der Waals surface area contributed by atoms with Crippen molar-refractivity contribution in [1.29, 1.82) is 0 Å². The third kappa shape index (κ3) is 3.80. The molecule has 0 saturated carbocycles. The van der Waals surface area contributed by atoms with Crippen molar-refractivity contribution in [3.8, 4) is 0 Å². The summed E-state index contributed by atoms with van der Waals surface area (Å²) >= 11 is 6.22. The topological polar surface area (TPSA) is 0 Å². The maximum atomic E-state index is 6.22. The van der Waals surface area contributed by atoms with Crippen LogP contribution in [0, 0.1) is 10.8 Å². The second kappa shape index (κ2) is 3.21. The Hall–Kier alpha value is 0.290. The molecule has 0 rings (SSSR count). The van der Waals surface area contributed by atoms with Gasteiger partial charge in [-0.25, -0.2) is 0 Å². The Morgan fingerprint density at radius 1 is 0.833 bits per heavy atom. The first-order chi connectivity index (χ1) is 4.96. The van der Waals surface area contributed by atoms with E-state index in [0.717, 1.165) is 6.42 Å². The lowest BCUT2D eigenvalue weighted by Crippen LogP contribution is -2.34. The molecule has 0 fully saturated rings. The van der Waals surface area contributed by atoms with Crippen LogP contribution in [0.5, 0.6) is 0 Å². The molecule has 0 aliphatic heterocycles. The molecule has 0 aliphatic rings. The molecular weight excluding hydrogens is 168 g/mol. The molecule has 0 amide bonds. The van der Waals surface area contributed by atoms with Crippen LogP contribution in [-0.4, -0.2) is 4.87 Å². The van der Waals surface area contributed by atoms with E-state index in [1.165, 1.54) is 0 Å². The fourth-order valence-corrected chi connectivity index (χ4v) is 1.65. The standard InChI is InChI=1S/C11H23Cl/c1-9(2,3)10(4,5)8-11(6,7)12/h8H2,1-7H3. The van der Waals surface area contributed by atoms with E-state index in [0.29, 0.717) is 5.41 Å². The monoisotopic (exact) mass is 190 g/mol. The Bertz CT molecular complexity index is 143. The van der Waals surface area contributed by atoms with Crippen LogP contribution in [0.4, 0.5) is 0 Å². The van der Waals surface area contributed by atoms with Crippen LogP contribution in [0.15, 0.2) is 0 Å². The molecular formula is C11H23Cl. The number of alkyl halides is 1. The minimum absolute atomic E-state index is 0.0865. The summed E-state index contributed by atoms with van der Waals surface area (Å²) in [6.45, 7) is 15.6. The van der Waals surface area contributed by atoms with E-state index in [1.54, 1.807) is 0 Å². The van der Waals surface area contributed by atoms with Gasteiger partial charge in [0.2, 0.25) is 0 Å². The quantitative estimate of drug-likeness (QED) is 0.564. The van der Waals surface area contributed by atoms with Crippen molar-refractivity contribution >= 4 is 11.6 Å². The lowest BCUT2D eigenvalue weighted by molar-refractivity contribution is 0.108. The highest BCUT2D eigenvalue weighted by molar-refractivity contribution is 6.23. The highest BCUT2D eigenvalue weighted by Gasteiger charge is 2.36. The molecule has 0 N–H and O–H groups in total. The zero-order valence-corrected chi connectivity index (χ0v) is 10.3. The lowest BCUT2D eigenvalue weighted by atomic mass is 9.65. The molecule has 74 valence electrons. The predicted octanol–water partition coefficient (Wildman–Crippen LogP) is 4.47. The molecule has 0 unspecified atom stereocenters. The molecule has 0 bridgehead atoms. The van der Waals surface area contributed by atoms with Crippen molar-refractivity contribution in [3.05, 3.63) is 0 Å². The van der Waals surface area contributed by atoms with Gasteiger partial charge in [-0.05, 0) is 31.1 Å². The fourth-order valence-electron chi connectivity index (χ4n) is 1.32. The van der Waals surface area contributed by atoms with Crippen LogP contribution >= 0.6 is 11.6 Å². The normalized spacial score (nSPS) is 15.0. The number of hydrogen-bond donors (Lipinski definition) is 0. The zero-order valence-electron chi connectivity index (χ0n) is 9.59. The van der Waals surface area contributed by atoms with Crippen molar-refractivity contribution in [2.24, 2.45) is 10.8 Å². The van der Waals surface area contributed by atoms with Crippen molar-refractivity contribution in [1.82, 2.24) is 0 Å². The van der Waals surface area contributed by atoms with E-state index in [9.17, 15) is 0 Å². The summed E-state index contributed by atoms with van der Waals surface area (Å²) in [6.07, 6.45) is 1.05. The van der Waals surface area contributed by atoms with Crippen LogP contribution in [0.2, 0.25) is 0 Å². The average Bonchev–Trinajstić information content (AvgIpc) is 1.52. The van der Waals surface area contributed by atoms with Gasteiger partial charge >= 0.3 is 0 Å². The third-order valence-corrected chi connectivity index (χ3v) is 3.03. The molecule has 0 spiro atoms. The van der Waals surface area contributed by atoms with E-state index in [-0.39, 0.29) is 10.3 Å². The van der Waals surface area contributed by atoms with Gasteiger partial charge in [-0.2, -0.15) is 0 Å². The van der Waals surface area contributed by atoms with E-state index in [1.807, 2.05) is 0 Å². The summed E-state index contributed by atoms with van der Waals surface area (Å²) in [4.78, 5) is -0.0865. The molecule has 12 heavy (non-hydrogen) atoms. The SMILES string of the molecule is CC(C)(Cl)CC(C)(C)C(C)(C)C. The summed E-state index contributed by atoms with van der Waals surface area (Å²) in [5.74, 6) is 0. The molecule has 0 aromatic carbocycles. The highest BCUT2D eigenvalue weighted by Crippen LogP contribution is 2.45. The van der Waals surface area contributed by atoms with Gasteiger partial charge in [0.15, 0.2) is 0 Å². The second-order valence-electron chi connectivity index (χ2n) is 6.03. The minimum Gasteiger partial charge on any atom is -0.120 e. The van der Waals surface area contributed by atoms with Crippen molar-refractivity contribution in [3.63, 3.8) is 0 Å². The minimum atomic E-state index is -0.0865. The fraction of sp³-hybridized carbons (Fsp3) is 1.00. The Kier molecular flexibility index (Phi) is 3.29. The molecule has 0 aromatic heterocycles. The summed E-state index contributed by atoms with van der Waals surface area (Å²) in [5.41, 5.74) is 0.609. The van der Waals surface area contributed by atoms with Crippen LogP contribution in [0.25, 0.3) is 0 Å². The maximum absolute atomic E-state index is 6.22. The molecule has 0 radical (unpaired) electrons. The largest absolute Gasteiger partial charge is 0.120 e. The van der Waals surface area contributed by atoms with Crippen molar-refractivity contribution < 1.29 is 0 Å². The molecule has 0 atom stereocenters. The molecule has 0 aromatic rings. The average molecular weight is 191 g/mol. The van der Waals surface area contributed by atoms with Crippen LogP contribution in [0.1, 0.15) is 54.9 Å². The van der Waals surface area contributed by atoms with Gasteiger partial charge in [-0.1, -0.05) is 34.6 Å². The van der Waals surface area contributed by atoms with E-state index < -0.39 is 0 Å². The molecule has 1 heteroatoms. The Balaban J connectivity index is 4.44. The number of halogens is 1. The Morgan fingerprint density at radius 2 is 1.17 bits per heavy atom. The number of hydrogen-bond acceptors (Lipinski definition) is 0. The molecule has 0 nitrogen and oxygen atoms in total. The summed E-state index contributed by atoms with van der Waals surface area (Å²) in [5, 5.41) is 0. The van der Waals surface area contributed by atoms with E-state index in [4.69, 9.17) is 11.6 Å². The third-order valence-electron chi connectivity index (χ3n) is 2.89. The Labute approximate surface area is 82.7 Å². The van der Waals surface area contributed by atoms with Crippen molar-refractivity contribution in [2.45, 2.75) is 59.8 Å². The smallest absolute Gasteiger partial charge is 0.0396 e. The Morgan fingerprint density at radius 3 is 1.25 bits per heavy atom. The van der Waals surface area contributed by atoms with Gasteiger partial charge in [0, 0.05) is 4.87 Å². The van der Waals surface area contributed by atoms with Gasteiger partial charge in [0.05, 0.1) is 0 Å². The summed E-state index contributed by atoms with van der Waals surface area (Å²) < 4.78 is 0.